The molecule has 1 aromatic carbocycles. The smallest absolute Gasteiger partial charge is 0.269 e. The third kappa shape index (κ3) is 2.36. The second kappa shape index (κ2) is 5.85. The first-order chi connectivity index (χ1) is 11.6. The van der Waals surface area contributed by atoms with Crippen molar-refractivity contribution >= 4 is 28.4 Å². The second-order valence-corrected chi connectivity index (χ2v) is 5.06. The number of non-ortho nitro benzene ring substituents is 1. The molecule has 0 saturated carbocycles. The molecule has 0 aliphatic heterocycles. The number of nitrogens with one attached hydrogen (secondary N) is 1. The van der Waals surface area contributed by atoms with E-state index in [9.17, 15) is 15.4 Å². The highest BCUT2D eigenvalue weighted by atomic mass is 16.6. The Labute approximate surface area is 136 Å². The van der Waals surface area contributed by atoms with Crippen molar-refractivity contribution in [2.24, 2.45) is 0 Å². The summed E-state index contributed by atoms with van der Waals surface area (Å²) in [5, 5.41) is 23.8. The van der Waals surface area contributed by atoms with Gasteiger partial charge in [0.05, 0.1) is 16.9 Å². The lowest BCUT2D eigenvalue weighted by atomic mass is 10.2. The summed E-state index contributed by atoms with van der Waals surface area (Å²) in [4.78, 5) is 18.8. The zero-order chi connectivity index (χ0) is 17.3. The van der Waals surface area contributed by atoms with Crippen molar-refractivity contribution in [2.75, 3.05) is 18.1 Å². The van der Waals surface area contributed by atoms with Crippen molar-refractivity contribution in [2.45, 2.75) is 6.54 Å². The van der Waals surface area contributed by atoms with Gasteiger partial charge in [-0.3, -0.25) is 10.1 Å². The quantitative estimate of drug-likeness (QED) is 0.552. The lowest BCUT2D eigenvalue weighted by Gasteiger charge is -2.07. The predicted molar refractivity (Wildman–Crippen MR) is 88.4 cm³/mol. The molecule has 3 N–H and O–H groups in total. The lowest BCUT2D eigenvalue weighted by Crippen LogP contribution is -2.06. The Morgan fingerprint density at radius 1 is 1.46 bits per heavy atom. The molecule has 9 nitrogen and oxygen atoms in total. The number of nitriles is 1. The Morgan fingerprint density at radius 3 is 2.92 bits per heavy atom. The normalized spacial score (nSPS) is 10.5. The number of hydrogen-bond acceptors (Lipinski definition) is 7. The van der Waals surface area contributed by atoms with Gasteiger partial charge in [-0.2, -0.15) is 5.26 Å². The molecular formula is C15H13N7O2. The minimum Gasteiger partial charge on any atom is -0.384 e. The Bertz CT molecular complexity index is 987. The average molecular weight is 323 g/mol. The third-order valence-electron chi connectivity index (χ3n) is 3.69. The van der Waals surface area contributed by atoms with Gasteiger partial charge in [-0.15, -0.1) is 0 Å². The van der Waals surface area contributed by atoms with Crippen molar-refractivity contribution in [1.29, 1.82) is 5.26 Å². The van der Waals surface area contributed by atoms with Crippen molar-refractivity contribution in [1.82, 2.24) is 14.5 Å². The summed E-state index contributed by atoms with van der Waals surface area (Å²) in [6.07, 6.45) is 1.37. The SMILES string of the molecule is CNc1ncnc2c1c(C#N)c(N)n2Cc1cccc([N+](=O)[O-])c1. The van der Waals surface area contributed by atoms with Crippen LogP contribution in [0.15, 0.2) is 30.6 Å². The molecule has 0 saturated heterocycles. The van der Waals surface area contributed by atoms with Crippen LogP contribution in [0.5, 0.6) is 0 Å². The van der Waals surface area contributed by atoms with Gasteiger partial charge in [0.15, 0.2) is 0 Å². The van der Waals surface area contributed by atoms with E-state index in [1.54, 1.807) is 23.7 Å². The molecule has 0 bridgehead atoms. The summed E-state index contributed by atoms with van der Waals surface area (Å²) in [5.41, 5.74) is 7.56. The van der Waals surface area contributed by atoms with E-state index in [4.69, 9.17) is 5.73 Å². The largest absolute Gasteiger partial charge is 0.384 e. The van der Waals surface area contributed by atoms with Gasteiger partial charge in [0.1, 0.15) is 35.2 Å². The maximum absolute atomic E-state index is 10.9. The summed E-state index contributed by atoms with van der Waals surface area (Å²) in [5.74, 6) is 0.747. The molecule has 2 heterocycles. The van der Waals surface area contributed by atoms with E-state index in [0.29, 0.717) is 22.4 Å². The van der Waals surface area contributed by atoms with Gasteiger partial charge in [0, 0.05) is 19.2 Å². The number of fused-ring (bicyclic) bond motifs is 1. The van der Waals surface area contributed by atoms with Crippen molar-refractivity contribution in [3.05, 3.63) is 51.8 Å². The van der Waals surface area contributed by atoms with Gasteiger partial charge in [-0.1, -0.05) is 12.1 Å². The number of hydrogen-bond donors (Lipinski definition) is 2. The maximum atomic E-state index is 10.9. The van der Waals surface area contributed by atoms with E-state index < -0.39 is 4.92 Å². The van der Waals surface area contributed by atoms with Gasteiger partial charge >= 0.3 is 0 Å². The molecule has 9 heteroatoms. The number of nitrogens with zero attached hydrogens (tertiary/aromatic N) is 5. The molecule has 120 valence electrons. The van der Waals surface area contributed by atoms with Crippen LogP contribution in [0.1, 0.15) is 11.1 Å². The second-order valence-electron chi connectivity index (χ2n) is 5.06. The molecule has 0 radical (unpaired) electrons. The fourth-order valence-corrected chi connectivity index (χ4v) is 2.60. The minimum atomic E-state index is -0.456. The molecule has 0 unspecified atom stereocenters. The van der Waals surface area contributed by atoms with Gasteiger partial charge < -0.3 is 15.6 Å². The van der Waals surface area contributed by atoms with Crippen LogP contribution in [0.2, 0.25) is 0 Å². The standard InChI is InChI=1S/C15H13N7O2/c1-18-14-12-11(6-16)13(17)21(15(12)20-8-19-14)7-9-3-2-4-10(5-9)22(23)24/h2-5,8H,7,17H2,1H3,(H,18,19,20). The summed E-state index contributed by atoms with van der Waals surface area (Å²) >= 11 is 0. The summed E-state index contributed by atoms with van der Waals surface area (Å²) in [6, 6.07) is 8.32. The van der Waals surface area contributed by atoms with E-state index >= 15 is 0 Å². The molecule has 24 heavy (non-hydrogen) atoms. The van der Waals surface area contributed by atoms with Crippen molar-refractivity contribution in [3.63, 3.8) is 0 Å². The third-order valence-corrected chi connectivity index (χ3v) is 3.69. The van der Waals surface area contributed by atoms with Crippen LogP contribution in [0.3, 0.4) is 0 Å². The van der Waals surface area contributed by atoms with Crippen LogP contribution in [0.25, 0.3) is 11.0 Å². The Balaban J connectivity index is 2.17. The first-order valence-electron chi connectivity index (χ1n) is 7.00. The van der Waals surface area contributed by atoms with E-state index in [-0.39, 0.29) is 23.6 Å². The Kier molecular flexibility index (Phi) is 3.71. The molecule has 0 amide bonds. The molecule has 0 spiro atoms. The molecule has 3 rings (SSSR count). The Morgan fingerprint density at radius 2 is 2.25 bits per heavy atom. The molecule has 2 aromatic heterocycles. The molecular weight excluding hydrogens is 310 g/mol. The van der Waals surface area contributed by atoms with Crippen molar-refractivity contribution < 1.29 is 4.92 Å². The summed E-state index contributed by atoms with van der Waals surface area (Å²) < 4.78 is 1.65. The van der Waals surface area contributed by atoms with Crippen LogP contribution in [-0.2, 0) is 6.54 Å². The summed E-state index contributed by atoms with van der Waals surface area (Å²) in [6.45, 7) is 0.256. The number of benzene rings is 1. The number of rotatable bonds is 4. The van der Waals surface area contributed by atoms with Crippen LogP contribution < -0.4 is 11.1 Å². The Hall–Kier alpha value is -3.67. The van der Waals surface area contributed by atoms with Crippen LogP contribution in [-0.4, -0.2) is 26.5 Å². The topological polar surface area (TPSA) is 136 Å². The van der Waals surface area contributed by atoms with E-state index in [0.717, 1.165) is 0 Å². The van der Waals surface area contributed by atoms with E-state index in [1.165, 1.54) is 18.5 Å². The highest BCUT2D eigenvalue weighted by molar-refractivity contribution is 5.97. The van der Waals surface area contributed by atoms with Crippen LogP contribution in [0.4, 0.5) is 17.3 Å². The van der Waals surface area contributed by atoms with Gasteiger partial charge in [-0.25, -0.2) is 9.97 Å². The lowest BCUT2D eigenvalue weighted by molar-refractivity contribution is -0.384. The number of nitro groups is 1. The average Bonchev–Trinajstić information content (AvgIpc) is 2.86. The zero-order valence-electron chi connectivity index (χ0n) is 12.7. The number of nitrogen functional groups attached to an aromatic ring is 1. The van der Waals surface area contributed by atoms with Crippen molar-refractivity contribution in [3.8, 4) is 6.07 Å². The molecule has 0 atom stereocenters. The molecule has 0 fully saturated rings. The van der Waals surface area contributed by atoms with E-state index in [2.05, 4.69) is 21.4 Å². The predicted octanol–water partition coefficient (Wildman–Crippen LogP) is 1.88. The molecule has 0 aliphatic rings. The highest BCUT2D eigenvalue weighted by Gasteiger charge is 2.20. The van der Waals surface area contributed by atoms with Gasteiger partial charge in [-0.05, 0) is 5.56 Å². The summed E-state index contributed by atoms with van der Waals surface area (Å²) in [7, 11) is 1.69. The minimum absolute atomic E-state index is 0.00594. The van der Waals surface area contributed by atoms with Gasteiger partial charge in [0.2, 0.25) is 0 Å². The van der Waals surface area contributed by atoms with Gasteiger partial charge in [0.25, 0.3) is 5.69 Å². The monoisotopic (exact) mass is 323 g/mol. The number of aromatic nitrogens is 3. The fourth-order valence-electron chi connectivity index (χ4n) is 2.60. The maximum Gasteiger partial charge on any atom is 0.269 e. The zero-order valence-corrected chi connectivity index (χ0v) is 12.7. The first-order valence-corrected chi connectivity index (χ1v) is 7.00. The first kappa shape index (κ1) is 15.2. The van der Waals surface area contributed by atoms with Crippen LogP contribution >= 0.6 is 0 Å². The van der Waals surface area contributed by atoms with Crippen LogP contribution in [0, 0.1) is 21.4 Å². The number of nitro benzene ring substituents is 1. The number of anilines is 2. The highest BCUT2D eigenvalue weighted by Crippen LogP contribution is 2.31. The molecule has 0 aliphatic carbocycles. The number of nitrogens with two attached hydrogens (primary N) is 1. The van der Waals surface area contributed by atoms with E-state index in [1.807, 2.05) is 0 Å². The fraction of sp³-hybridized carbons (Fsp3) is 0.133. The molecule has 3 aromatic rings.